The minimum Gasteiger partial charge on any atom is -0.338 e. The molecule has 0 bridgehead atoms. The van der Waals surface area contributed by atoms with E-state index in [1.54, 1.807) is 0 Å². The molecule has 1 aromatic rings. The van der Waals surface area contributed by atoms with Gasteiger partial charge in [0.2, 0.25) is 5.91 Å². The SMILES string of the molecule is CCN(Cc1ccccc1C)C(=O)[C@@H]1CC[C@@H](N)C1. The first-order valence-corrected chi connectivity index (χ1v) is 7.20. The molecule has 0 saturated heterocycles. The molecule has 0 aliphatic heterocycles. The number of carbonyl (C=O) groups excluding carboxylic acids is 1. The van der Waals surface area contributed by atoms with Gasteiger partial charge in [-0.25, -0.2) is 0 Å². The van der Waals surface area contributed by atoms with Crippen molar-refractivity contribution in [1.82, 2.24) is 4.90 Å². The molecule has 1 fully saturated rings. The lowest BCUT2D eigenvalue weighted by molar-refractivity contribution is -0.135. The molecule has 1 aromatic carbocycles. The van der Waals surface area contributed by atoms with E-state index in [0.717, 1.165) is 25.8 Å². The summed E-state index contributed by atoms with van der Waals surface area (Å²) in [6, 6.07) is 8.48. The summed E-state index contributed by atoms with van der Waals surface area (Å²) in [6.07, 6.45) is 2.78. The molecule has 0 spiro atoms. The fourth-order valence-corrected chi connectivity index (χ4v) is 2.84. The lowest BCUT2D eigenvalue weighted by Crippen LogP contribution is -2.35. The van der Waals surface area contributed by atoms with Gasteiger partial charge in [0, 0.05) is 25.0 Å². The van der Waals surface area contributed by atoms with Crippen molar-refractivity contribution in [3.8, 4) is 0 Å². The maximum atomic E-state index is 12.5. The first-order valence-electron chi connectivity index (χ1n) is 7.20. The Bertz CT molecular complexity index is 444. The van der Waals surface area contributed by atoms with Crippen molar-refractivity contribution < 1.29 is 4.79 Å². The maximum Gasteiger partial charge on any atom is 0.226 e. The number of nitrogens with zero attached hydrogens (tertiary/aromatic N) is 1. The average Bonchev–Trinajstić information content (AvgIpc) is 2.84. The molecule has 2 atom stereocenters. The van der Waals surface area contributed by atoms with E-state index in [0.29, 0.717) is 6.54 Å². The molecule has 0 aromatic heterocycles. The van der Waals surface area contributed by atoms with Gasteiger partial charge in [0.1, 0.15) is 0 Å². The molecule has 2 N–H and O–H groups in total. The van der Waals surface area contributed by atoms with Crippen molar-refractivity contribution in [2.75, 3.05) is 6.54 Å². The standard InChI is InChI=1S/C16H24N2O/c1-3-18(11-14-7-5-4-6-12(14)2)16(19)13-8-9-15(17)10-13/h4-7,13,15H,3,8-11,17H2,1-2H3/t13-,15-/m1/s1. The molecule has 3 heteroatoms. The summed E-state index contributed by atoms with van der Waals surface area (Å²) in [7, 11) is 0. The smallest absolute Gasteiger partial charge is 0.226 e. The van der Waals surface area contributed by atoms with Crippen LogP contribution in [0.4, 0.5) is 0 Å². The van der Waals surface area contributed by atoms with Crippen molar-refractivity contribution in [3.63, 3.8) is 0 Å². The second-order valence-corrected chi connectivity index (χ2v) is 5.55. The number of amides is 1. The third-order valence-corrected chi connectivity index (χ3v) is 4.14. The summed E-state index contributed by atoms with van der Waals surface area (Å²) in [4.78, 5) is 14.5. The van der Waals surface area contributed by atoms with Gasteiger partial charge in [0.25, 0.3) is 0 Å². The van der Waals surface area contributed by atoms with Crippen molar-refractivity contribution in [2.24, 2.45) is 11.7 Å². The summed E-state index contributed by atoms with van der Waals surface area (Å²) in [5.74, 6) is 0.415. The molecule has 1 aliphatic carbocycles. The van der Waals surface area contributed by atoms with E-state index in [2.05, 4.69) is 19.1 Å². The monoisotopic (exact) mass is 260 g/mol. The van der Waals surface area contributed by atoms with E-state index in [1.165, 1.54) is 11.1 Å². The lowest BCUT2D eigenvalue weighted by Gasteiger charge is -2.25. The zero-order valence-electron chi connectivity index (χ0n) is 11.9. The molecular formula is C16H24N2O. The van der Waals surface area contributed by atoms with Crippen LogP contribution in [0.3, 0.4) is 0 Å². The first kappa shape index (κ1) is 14.1. The molecule has 0 heterocycles. The quantitative estimate of drug-likeness (QED) is 0.904. The maximum absolute atomic E-state index is 12.5. The van der Waals surface area contributed by atoms with E-state index in [9.17, 15) is 4.79 Å². The van der Waals surface area contributed by atoms with Gasteiger partial charge >= 0.3 is 0 Å². The number of aryl methyl sites for hydroxylation is 1. The highest BCUT2D eigenvalue weighted by molar-refractivity contribution is 5.79. The van der Waals surface area contributed by atoms with Crippen LogP contribution < -0.4 is 5.73 Å². The van der Waals surface area contributed by atoms with Crippen molar-refractivity contribution in [3.05, 3.63) is 35.4 Å². The molecule has 104 valence electrons. The molecule has 19 heavy (non-hydrogen) atoms. The van der Waals surface area contributed by atoms with Crippen LogP contribution in [0.1, 0.15) is 37.3 Å². The minimum absolute atomic E-state index is 0.138. The second-order valence-electron chi connectivity index (χ2n) is 5.55. The highest BCUT2D eigenvalue weighted by atomic mass is 16.2. The van der Waals surface area contributed by atoms with Crippen LogP contribution in [0.15, 0.2) is 24.3 Å². The van der Waals surface area contributed by atoms with Crippen LogP contribution in [0.5, 0.6) is 0 Å². The van der Waals surface area contributed by atoms with Crippen LogP contribution in [-0.2, 0) is 11.3 Å². The van der Waals surface area contributed by atoms with Gasteiger partial charge in [-0.2, -0.15) is 0 Å². The fourth-order valence-electron chi connectivity index (χ4n) is 2.84. The Morgan fingerprint density at radius 2 is 2.11 bits per heavy atom. The van der Waals surface area contributed by atoms with E-state index in [-0.39, 0.29) is 17.9 Å². The number of hydrogen-bond acceptors (Lipinski definition) is 2. The predicted octanol–water partition coefficient (Wildman–Crippen LogP) is 2.47. The lowest BCUT2D eigenvalue weighted by atomic mass is 10.0. The molecule has 2 rings (SSSR count). The van der Waals surface area contributed by atoms with E-state index in [1.807, 2.05) is 24.0 Å². The zero-order chi connectivity index (χ0) is 13.8. The molecule has 1 amide bonds. The number of nitrogens with two attached hydrogens (primary N) is 1. The van der Waals surface area contributed by atoms with Crippen LogP contribution in [0, 0.1) is 12.8 Å². The minimum atomic E-state index is 0.138. The molecular weight excluding hydrogens is 236 g/mol. The summed E-state index contributed by atoms with van der Waals surface area (Å²) in [5, 5.41) is 0. The van der Waals surface area contributed by atoms with Gasteiger partial charge < -0.3 is 10.6 Å². The summed E-state index contributed by atoms with van der Waals surface area (Å²) < 4.78 is 0. The highest BCUT2D eigenvalue weighted by Crippen LogP contribution is 2.26. The Kier molecular flexibility index (Phi) is 4.59. The Labute approximate surface area is 115 Å². The van der Waals surface area contributed by atoms with Gasteiger partial charge in [-0.1, -0.05) is 24.3 Å². The number of rotatable bonds is 4. The van der Waals surface area contributed by atoms with Crippen LogP contribution >= 0.6 is 0 Å². The third kappa shape index (κ3) is 3.35. The van der Waals surface area contributed by atoms with Crippen molar-refractivity contribution >= 4 is 5.91 Å². The Morgan fingerprint density at radius 3 is 2.68 bits per heavy atom. The Hall–Kier alpha value is -1.35. The number of hydrogen-bond donors (Lipinski definition) is 1. The Balaban J connectivity index is 2.04. The van der Waals surface area contributed by atoms with E-state index < -0.39 is 0 Å². The summed E-state index contributed by atoms with van der Waals surface area (Å²) >= 11 is 0. The van der Waals surface area contributed by atoms with Gasteiger partial charge in [-0.15, -0.1) is 0 Å². The van der Waals surface area contributed by atoms with E-state index in [4.69, 9.17) is 5.73 Å². The van der Waals surface area contributed by atoms with Gasteiger partial charge in [-0.3, -0.25) is 4.79 Å². The van der Waals surface area contributed by atoms with Crippen LogP contribution in [0.2, 0.25) is 0 Å². The third-order valence-electron chi connectivity index (χ3n) is 4.14. The zero-order valence-corrected chi connectivity index (χ0v) is 11.9. The van der Waals surface area contributed by atoms with Gasteiger partial charge in [0.05, 0.1) is 0 Å². The summed E-state index contributed by atoms with van der Waals surface area (Å²) in [6.45, 7) is 5.62. The summed E-state index contributed by atoms with van der Waals surface area (Å²) in [5.41, 5.74) is 8.39. The molecule has 0 unspecified atom stereocenters. The second kappa shape index (κ2) is 6.20. The normalized spacial score (nSPS) is 22.5. The number of benzene rings is 1. The van der Waals surface area contributed by atoms with Crippen LogP contribution in [-0.4, -0.2) is 23.4 Å². The van der Waals surface area contributed by atoms with Gasteiger partial charge in [0.15, 0.2) is 0 Å². The predicted molar refractivity (Wildman–Crippen MR) is 77.6 cm³/mol. The highest BCUT2D eigenvalue weighted by Gasteiger charge is 2.30. The molecule has 1 aliphatic rings. The Morgan fingerprint density at radius 1 is 1.37 bits per heavy atom. The fraction of sp³-hybridized carbons (Fsp3) is 0.562. The van der Waals surface area contributed by atoms with Crippen molar-refractivity contribution in [1.29, 1.82) is 0 Å². The molecule has 3 nitrogen and oxygen atoms in total. The molecule has 0 radical (unpaired) electrons. The first-order chi connectivity index (χ1) is 9.11. The van der Waals surface area contributed by atoms with Gasteiger partial charge in [-0.05, 0) is 44.2 Å². The van der Waals surface area contributed by atoms with Crippen molar-refractivity contribution in [2.45, 2.75) is 45.7 Å². The number of carbonyl (C=O) groups is 1. The van der Waals surface area contributed by atoms with E-state index >= 15 is 0 Å². The topological polar surface area (TPSA) is 46.3 Å². The molecule has 1 saturated carbocycles. The van der Waals surface area contributed by atoms with Crippen LogP contribution in [0.25, 0.3) is 0 Å². The largest absolute Gasteiger partial charge is 0.338 e. The average molecular weight is 260 g/mol.